The normalized spacial score (nSPS) is 12.8. The highest BCUT2D eigenvalue weighted by Gasteiger charge is 2.19. The van der Waals surface area contributed by atoms with Gasteiger partial charge in [0.25, 0.3) is 10.0 Å². The van der Waals surface area contributed by atoms with E-state index in [1.54, 1.807) is 0 Å². The van der Waals surface area contributed by atoms with Crippen molar-refractivity contribution in [2.45, 2.75) is 11.9 Å². The molecule has 1 heterocycles. The van der Waals surface area contributed by atoms with Crippen LogP contribution in [-0.4, -0.2) is 52.5 Å². The number of sulfonamides is 2. The molecule has 1 N–H and O–H groups in total. The first kappa shape index (κ1) is 17.0. The molecule has 0 aliphatic carbocycles. The van der Waals surface area contributed by atoms with Crippen LogP contribution in [0, 0.1) is 12.7 Å². The third-order valence-corrected chi connectivity index (χ3v) is 5.67. The van der Waals surface area contributed by atoms with Crippen molar-refractivity contribution in [2.24, 2.45) is 0 Å². The first-order chi connectivity index (χ1) is 9.06. The molecule has 0 fully saturated rings. The maximum absolute atomic E-state index is 13.0. The van der Waals surface area contributed by atoms with E-state index in [1.807, 2.05) is 0 Å². The summed E-state index contributed by atoms with van der Waals surface area (Å²) in [4.78, 5) is 3.61. The summed E-state index contributed by atoms with van der Waals surface area (Å²) in [5.41, 5.74) is -0.0474. The standard InChI is InChI=1S/C10H16FN3O4S2/c1-8-9(11)4-5-10(13-8)20(17,18)12-6-7-19(15,16)14(2)3/h4-5,12H,6-7H2,1-3H3. The molecule has 0 aliphatic heterocycles. The van der Waals surface area contributed by atoms with Crippen molar-refractivity contribution in [2.75, 3.05) is 26.4 Å². The molecule has 1 rings (SSSR count). The summed E-state index contributed by atoms with van der Waals surface area (Å²) in [7, 11) is -4.74. The van der Waals surface area contributed by atoms with Crippen LogP contribution in [0.1, 0.15) is 5.69 Å². The fourth-order valence-electron chi connectivity index (χ4n) is 1.23. The number of nitrogens with one attached hydrogen (secondary N) is 1. The van der Waals surface area contributed by atoms with Gasteiger partial charge in [-0.05, 0) is 19.1 Å². The van der Waals surface area contributed by atoms with Gasteiger partial charge in [-0.25, -0.2) is 35.2 Å². The Kier molecular flexibility index (Phi) is 5.19. The Morgan fingerprint density at radius 1 is 1.25 bits per heavy atom. The summed E-state index contributed by atoms with van der Waals surface area (Å²) in [5.74, 6) is -0.987. The lowest BCUT2D eigenvalue weighted by Crippen LogP contribution is -2.34. The van der Waals surface area contributed by atoms with Gasteiger partial charge in [-0.15, -0.1) is 0 Å². The molecule has 20 heavy (non-hydrogen) atoms. The van der Waals surface area contributed by atoms with E-state index in [-0.39, 0.29) is 23.0 Å². The second kappa shape index (κ2) is 6.12. The molecule has 0 atom stereocenters. The number of hydrogen-bond donors (Lipinski definition) is 1. The van der Waals surface area contributed by atoms with Crippen molar-refractivity contribution in [1.29, 1.82) is 0 Å². The van der Waals surface area contributed by atoms with Gasteiger partial charge >= 0.3 is 0 Å². The van der Waals surface area contributed by atoms with Gasteiger partial charge < -0.3 is 0 Å². The van der Waals surface area contributed by atoms with Gasteiger partial charge in [0, 0.05) is 20.6 Å². The summed E-state index contributed by atoms with van der Waals surface area (Å²) in [5, 5.41) is -0.348. The molecule has 0 unspecified atom stereocenters. The molecule has 114 valence electrons. The van der Waals surface area contributed by atoms with E-state index in [1.165, 1.54) is 21.0 Å². The van der Waals surface area contributed by atoms with Gasteiger partial charge in [0.05, 0.1) is 11.4 Å². The fraction of sp³-hybridized carbons (Fsp3) is 0.500. The van der Waals surface area contributed by atoms with Crippen LogP contribution in [0.5, 0.6) is 0 Å². The Bertz CT molecular complexity index is 686. The molecule has 0 bridgehead atoms. The summed E-state index contributed by atoms with van der Waals surface area (Å²) in [6.45, 7) is 1.05. The minimum Gasteiger partial charge on any atom is -0.237 e. The molecule has 1 aromatic rings. The quantitative estimate of drug-likeness (QED) is 0.774. The smallest absolute Gasteiger partial charge is 0.237 e. The van der Waals surface area contributed by atoms with E-state index in [0.717, 1.165) is 16.4 Å². The Hall–Kier alpha value is -1.10. The average Bonchev–Trinajstić information content (AvgIpc) is 2.31. The highest BCUT2D eigenvalue weighted by atomic mass is 32.2. The lowest BCUT2D eigenvalue weighted by atomic mass is 10.4. The first-order valence-corrected chi connectivity index (χ1v) is 8.68. The number of hydrogen-bond acceptors (Lipinski definition) is 5. The highest BCUT2D eigenvalue weighted by molar-refractivity contribution is 7.90. The third kappa shape index (κ3) is 4.20. The Balaban J connectivity index is 2.79. The van der Waals surface area contributed by atoms with Crippen molar-refractivity contribution in [3.63, 3.8) is 0 Å². The zero-order valence-corrected chi connectivity index (χ0v) is 12.9. The summed E-state index contributed by atoms with van der Waals surface area (Å²) in [6, 6.07) is 2.01. The Labute approximate surface area is 117 Å². The van der Waals surface area contributed by atoms with Crippen LogP contribution < -0.4 is 4.72 Å². The van der Waals surface area contributed by atoms with Crippen LogP contribution in [-0.2, 0) is 20.0 Å². The van der Waals surface area contributed by atoms with Crippen LogP contribution >= 0.6 is 0 Å². The Morgan fingerprint density at radius 2 is 1.85 bits per heavy atom. The van der Waals surface area contributed by atoms with Gasteiger partial charge in [0.2, 0.25) is 10.0 Å². The number of aryl methyl sites for hydroxylation is 1. The van der Waals surface area contributed by atoms with Crippen molar-refractivity contribution >= 4 is 20.0 Å². The van der Waals surface area contributed by atoms with Gasteiger partial charge in [-0.3, -0.25) is 0 Å². The second-order valence-electron chi connectivity index (χ2n) is 4.21. The number of rotatable bonds is 6. The minimum absolute atomic E-state index is 0.0474. The fourth-order valence-corrected chi connectivity index (χ4v) is 3.11. The number of aromatic nitrogens is 1. The van der Waals surface area contributed by atoms with E-state index in [2.05, 4.69) is 9.71 Å². The van der Waals surface area contributed by atoms with Crippen LogP contribution in [0.2, 0.25) is 0 Å². The second-order valence-corrected chi connectivity index (χ2v) is 8.23. The van der Waals surface area contributed by atoms with Crippen molar-refractivity contribution in [3.8, 4) is 0 Å². The minimum atomic E-state index is -3.96. The summed E-state index contributed by atoms with van der Waals surface area (Å²) in [6.07, 6.45) is 0. The molecule has 0 saturated heterocycles. The van der Waals surface area contributed by atoms with E-state index >= 15 is 0 Å². The number of nitrogens with zero attached hydrogens (tertiary/aromatic N) is 2. The molecular weight excluding hydrogens is 309 g/mol. The molecule has 0 spiro atoms. The molecule has 0 radical (unpaired) electrons. The molecule has 0 amide bonds. The predicted molar refractivity (Wildman–Crippen MR) is 71.6 cm³/mol. The van der Waals surface area contributed by atoms with Crippen molar-refractivity contribution in [3.05, 3.63) is 23.6 Å². The molecule has 10 heteroatoms. The van der Waals surface area contributed by atoms with Crippen LogP contribution in [0.25, 0.3) is 0 Å². The first-order valence-electron chi connectivity index (χ1n) is 5.59. The average molecular weight is 325 g/mol. The molecule has 0 saturated carbocycles. The SMILES string of the molecule is Cc1nc(S(=O)(=O)NCCS(=O)(=O)N(C)C)ccc1F. The monoisotopic (exact) mass is 325 g/mol. The van der Waals surface area contributed by atoms with E-state index < -0.39 is 25.9 Å². The predicted octanol–water partition coefficient (Wildman–Crippen LogP) is -0.301. The zero-order chi connectivity index (χ0) is 15.6. The maximum atomic E-state index is 13.0. The van der Waals surface area contributed by atoms with Gasteiger partial charge in [0.1, 0.15) is 5.82 Å². The molecule has 1 aromatic heterocycles. The highest BCUT2D eigenvalue weighted by Crippen LogP contribution is 2.09. The maximum Gasteiger partial charge on any atom is 0.258 e. The Morgan fingerprint density at radius 3 is 2.35 bits per heavy atom. The van der Waals surface area contributed by atoms with Crippen LogP contribution in [0.4, 0.5) is 4.39 Å². The van der Waals surface area contributed by atoms with Crippen LogP contribution in [0.15, 0.2) is 17.2 Å². The van der Waals surface area contributed by atoms with Crippen molar-refractivity contribution in [1.82, 2.24) is 14.0 Å². The van der Waals surface area contributed by atoms with Gasteiger partial charge in [-0.1, -0.05) is 0 Å². The van der Waals surface area contributed by atoms with E-state index in [0.29, 0.717) is 0 Å². The summed E-state index contributed by atoms with van der Waals surface area (Å²) < 4.78 is 62.8. The summed E-state index contributed by atoms with van der Waals surface area (Å²) >= 11 is 0. The lowest BCUT2D eigenvalue weighted by Gasteiger charge is -2.11. The third-order valence-electron chi connectivity index (χ3n) is 2.48. The van der Waals surface area contributed by atoms with Gasteiger partial charge in [0.15, 0.2) is 5.03 Å². The lowest BCUT2D eigenvalue weighted by molar-refractivity contribution is 0.519. The number of halogens is 1. The largest absolute Gasteiger partial charge is 0.258 e. The molecule has 7 nitrogen and oxygen atoms in total. The molecule has 0 aromatic carbocycles. The van der Waals surface area contributed by atoms with Crippen LogP contribution in [0.3, 0.4) is 0 Å². The van der Waals surface area contributed by atoms with E-state index in [9.17, 15) is 21.2 Å². The topological polar surface area (TPSA) is 96.4 Å². The van der Waals surface area contributed by atoms with Crippen molar-refractivity contribution < 1.29 is 21.2 Å². The number of pyridine rings is 1. The van der Waals surface area contributed by atoms with E-state index in [4.69, 9.17) is 0 Å². The molecule has 0 aliphatic rings. The van der Waals surface area contributed by atoms with Gasteiger partial charge in [-0.2, -0.15) is 0 Å². The zero-order valence-electron chi connectivity index (χ0n) is 11.3. The molecular formula is C10H16FN3O4S2.